The molecule has 1 fully saturated rings. The third-order valence-corrected chi connectivity index (χ3v) is 5.98. The first-order valence-electron chi connectivity index (χ1n) is 12.1. The van der Waals surface area contributed by atoms with E-state index < -0.39 is 43.4 Å². The van der Waals surface area contributed by atoms with Crippen LogP contribution in [0.2, 0.25) is 0 Å². The van der Waals surface area contributed by atoms with Gasteiger partial charge in [0.15, 0.2) is 6.29 Å². The van der Waals surface area contributed by atoms with Gasteiger partial charge in [-0.2, -0.15) is 0 Å². The van der Waals surface area contributed by atoms with Gasteiger partial charge < -0.3 is 35.1 Å². The quantitative estimate of drug-likeness (QED) is 0.366. The molecule has 2 aromatic carbocycles. The molecule has 2 aromatic rings. The zero-order valence-corrected chi connectivity index (χ0v) is 20.9. The average Bonchev–Trinajstić information content (AvgIpc) is 2.86. The van der Waals surface area contributed by atoms with E-state index >= 15 is 0 Å². The van der Waals surface area contributed by atoms with Crippen molar-refractivity contribution in [1.82, 2.24) is 10.6 Å². The summed E-state index contributed by atoms with van der Waals surface area (Å²) in [7, 11) is 0. The van der Waals surface area contributed by atoms with Crippen LogP contribution in [0.25, 0.3) is 0 Å². The normalized spacial score (nSPS) is 25.5. The molecule has 0 aliphatic carbocycles. The number of carbonyl (C=O) groups excluding carboxylic acids is 2. The van der Waals surface area contributed by atoms with E-state index in [0.717, 1.165) is 11.1 Å². The van der Waals surface area contributed by atoms with Crippen LogP contribution >= 0.6 is 0 Å². The smallest absolute Gasteiger partial charge is 0.249 e. The van der Waals surface area contributed by atoms with E-state index in [1.807, 2.05) is 67.6 Å². The van der Waals surface area contributed by atoms with Gasteiger partial charge in [-0.1, -0.05) is 60.7 Å². The highest BCUT2D eigenvalue weighted by molar-refractivity contribution is 5.80. The molecule has 1 aliphatic heterocycles. The van der Waals surface area contributed by atoms with Crippen LogP contribution in [0, 0.1) is 0 Å². The van der Waals surface area contributed by atoms with Crippen molar-refractivity contribution in [3.8, 4) is 0 Å². The Balaban J connectivity index is 1.69. The number of aliphatic hydroxyl groups is 2. The number of ether oxygens (including phenoxy) is 3. The van der Waals surface area contributed by atoms with E-state index in [9.17, 15) is 19.8 Å². The highest BCUT2D eigenvalue weighted by Crippen LogP contribution is 2.26. The van der Waals surface area contributed by atoms with Gasteiger partial charge in [0.1, 0.15) is 30.5 Å². The molecule has 0 saturated carbocycles. The standard InChI is InChI=1S/C27H36N2O7/c1-17(14-20-10-6-4-7-11-20)28-26(33)18(2)35-25-23(29-19(3)31)27(36-22(15-30)24(25)32)34-16-21-12-8-5-9-13-21/h4-13,17-18,22-25,27,30,32H,14-16H2,1-3H3,(H,28,33)(H,29,31)/t17-,18-,22+,23+,24+,25+,27-/m0/s1. The average molecular weight is 501 g/mol. The molecule has 3 rings (SSSR count). The Kier molecular flexibility index (Phi) is 10.4. The fraction of sp³-hybridized carbons (Fsp3) is 0.481. The molecule has 0 bridgehead atoms. The van der Waals surface area contributed by atoms with Gasteiger partial charge >= 0.3 is 0 Å². The second-order valence-corrected chi connectivity index (χ2v) is 9.08. The van der Waals surface area contributed by atoms with Crippen LogP contribution in [0.1, 0.15) is 31.9 Å². The number of rotatable bonds is 11. The summed E-state index contributed by atoms with van der Waals surface area (Å²) in [6.07, 6.45) is -4.71. The van der Waals surface area contributed by atoms with E-state index in [1.165, 1.54) is 6.92 Å². The van der Waals surface area contributed by atoms with Gasteiger partial charge in [-0.25, -0.2) is 0 Å². The minimum Gasteiger partial charge on any atom is -0.394 e. The molecule has 0 spiro atoms. The maximum Gasteiger partial charge on any atom is 0.249 e. The second-order valence-electron chi connectivity index (χ2n) is 9.08. The summed E-state index contributed by atoms with van der Waals surface area (Å²) in [4.78, 5) is 24.9. The molecule has 1 aliphatic rings. The Morgan fingerprint density at radius 1 is 1.03 bits per heavy atom. The van der Waals surface area contributed by atoms with Gasteiger partial charge in [0.2, 0.25) is 11.8 Å². The molecule has 0 aromatic heterocycles. The Bertz CT molecular complexity index is 959. The summed E-state index contributed by atoms with van der Waals surface area (Å²) >= 11 is 0. The maximum atomic E-state index is 12.9. The van der Waals surface area contributed by atoms with Crippen LogP contribution in [0.3, 0.4) is 0 Å². The predicted molar refractivity (Wildman–Crippen MR) is 133 cm³/mol. The van der Waals surface area contributed by atoms with E-state index in [0.29, 0.717) is 6.42 Å². The summed E-state index contributed by atoms with van der Waals surface area (Å²) in [5.41, 5.74) is 1.97. The first-order valence-corrected chi connectivity index (χ1v) is 12.1. The summed E-state index contributed by atoms with van der Waals surface area (Å²) in [6, 6.07) is 18.1. The Morgan fingerprint density at radius 3 is 2.22 bits per heavy atom. The van der Waals surface area contributed by atoms with E-state index in [1.54, 1.807) is 6.92 Å². The van der Waals surface area contributed by atoms with Crippen LogP contribution in [0.15, 0.2) is 60.7 Å². The molecule has 196 valence electrons. The molecule has 4 N–H and O–H groups in total. The molecule has 0 radical (unpaired) electrons. The molecule has 7 atom stereocenters. The van der Waals surface area contributed by atoms with Crippen LogP contribution in [0.4, 0.5) is 0 Å². The minimum atomic E-state index is -1.31. The number of hydrogen-bond acceptors (Lipinski definition) is 7. The van der Waals surface area contributed by atoms with Gasteiger partial charge in [-0.05, 0) is 31.4 Å². The molecule has 1 saturated heterocycles. The monoisotopic (exact) mass is 500 g/mol. The number of aliphatic hydroxyl groups excluding tert-OH is 2. The van der Waals surface area contributed by atoms with Crippen molar-refractivity contribution in [1.29, 1.82) is 0 Å². The molecule has 36 heavy (non-hydrogen) atoms. The largest absolute Gasteiger partial charge is 0.394 e. The summed E-state index contributed by atoms with van der Waals surface area (Å²) < 4.78 is 17.7. The number of hydrogen-bond donors (Lipinski definition) is 4. The predicted octanol–water partition coefficient (Wildman–Crippen LogP) is 1.31. The first kappa shape index (κ1) is 27.8. The van der Waals surface area contributed by atoms with Crippen LogP contribution in [-0.4, -0.2) is 71.4 Å². The van der Waals surface area contributed by atoms with Gasteiger partial charge in [-0.3, -0.25) is 9.59 Å². The van der Waals surface area contributed by atoms with Crippen molar-refractivity contribution in [2.45, 2.75) is 76.6 Å². The third-order valence-electron chi connectivity index (χ3n) is 5.98. The first-order chi connectivity index (χ1) is 17.3. The molecular formula is C27H36N2O7. The minimum absolute atomic E-state index is 0.149. The lowest BCUT2D eigenvalue weighted by atomic mass is 9.96. The fourth-order valence-electron chi connectivity index (χ4n) is 4.19. The van der Waals surface area contributed by atoms with E-state index in [4.69, 9.17) is 14.2 Å². The van der Waals surface area contributed by atoms with Crippen LogP contribution < -0.4 is 10.6 Å². The Morgan fingerprint density at radius 2 is 1.64 bits per heavy atom. The summed E-state index contributed by atoms with van der Waals surface area (Å²) in [5.74, 6) is -0.741. The number of nitrogens with one attached hydrogen (secondary N) is 2. The van der Waals surface area contributed by atoms with Crippen molar-refractivity contribution < 1.29 is 34.0 Å². The van der Waals surface area contributed by atoms with Crippen molar-refractivity contribution >= 4 is 11.8 Å². The van der Waals surface area contributed by atoms with E-state index in [-0.39, 0.29) is 24.5 Å². The highest BCUT2D eigenvalue weighted by atomic mass is 16.7. The molecule has 1 heterocycles. The highest BCUT2D eigenvalue weighted by Gasteiger charge is 2.48. The van der Waals surface area contributed by atoms with Gasteiger partial charge in [0, 0.05) is 13.0 Å². The number of amides is 2. The molecular weight excluding hydrogens is 464 g/mol. The lowest BCUT2D eigenvalue weighted by molar-refractivity contribution is -0.283. The van der Waals surface area contributed by atoms with Crippen molar-refractivity contribution in [2.75, 3.05) is 6.61 Å². The van der Waals surface area contributed by atoms with Crippen molar-refractivity contribution in [3.63, 3.8) is 0 Å². The van der Waals surface area contributed by atoms with Gasteiger partial charge in [-0.15, -0.1) is 0 Å². The van der Waals surface area contributed by atoms with Crippen molar-refractivity contribution in [3.05, 3.63) is 71.8 Å². The zero-order chi connectivity index (χ0) is 26.1. The number of carbonyl (C=O) groups is 2. The Hall–Kier alpha value is -2.82. The number of benzene rings is 2. The van der Waals surface area contributed by atoms with Crippen LogP contribution in [-0.2, 0) is 36.8 Å². The van der Waals surface area contributed by atoms with Crippen LogP contribution in [0.5, 0.6) is 0 Å². The summed E-state index contributed by atoms with van der Waals surface area (Å²) in [6.45, 7) is 4.49. The topological polar surface area (TPSA) is 126 Å². The molecule has 9 heteroatoms. The summed E-state index contributed by atoms with van der Waals surface area (Å²) in [5, 5.41) is 26.3. The SMILES string of the molecule is CC(=O)N[C@H]1[C@@H](OCc2ccccc2)O[C@H](CO)[C@@H](O)[C@@H]1O[C@@H](C)C(=O)N[C@@H](C)Cc1ccccc1. The van der Waals surface area contributed by atoms with Crippen molar-refractivity contribution in [2.24, 2.45) is 0 Å². The fourth-order valence-corrected chi connectivity index (χ4v) is 4.19. The third kappa shape index (κ3) is 7.84. The Labute approximate surface area is 211 Å². The van der Waals surface area contributed by atoms with Gasteiger partial charge in [0.05, 0.1) is 13.2 Å². The van der Waals surface area contributed by atoms with E-state index in [2.05, 4.69) is 10.6 Å². The molecule has 9 nitrogen and oxygen atoms in total. The van der Waals surface area contributed by atoms with Gasteiger partial charge in [0.25, 0.3) is 0 Å². The second kappa shape index (κ2) is 13.5. The zero-order valence-electron chi connectivity index (χ0n) is 20.9. The molecule has 0 unspecified atom stereocenters. The lowest BCUT2D eigenvalue weighted by Crippen LogP contribution is -2.66. The maximum absolute atomic E-state index is 12.9. The lowest BCUT2D eigenvalue weighted by Gasteiger charge is -2.44. The molecule has 2 amide bonds.